The van der Waals surface area contributed by atoms with Crippen molar-refractivity contribution < 1.29 is 24.5 Å². The number of carboxylic acids is 1. The predicted octanol–water partition coefficient (Wildman–Crippen LogP) is 0.875. The summed E-state index contributed by atoms with van der Waals surface area (Å²) in [4.78, 5) is 22.6. The summed E-state index contributed by atoms with van der Waals surface area (Å²) in [5.74, 6) is -2.25. The Hall–Kier alpha value is -1.79. The number of amides is 1. The first-order valence-corrected chi connectivity index (χ1v) is 5.34. The van der Waals surface area contributed by atoms with Crippen LogP contribution in [0, 0.1) is 0 Å². The third-order valence-electron chi connectivity index (χ3n) is 2.14. The van der Waals surface area contributed by atoms with Crippen LogP contribution in [-0.2, 0) is 9.53 Å². The number of phenolic OH excluding ortho intramolecular Hbond substituents is 1. The van der Waals surface area contributed by atoms with E-state index in [2.05, 4.69) is 10.1 Å². The standard InChI is InChI=1S/C11H12ClNO5/c1-18-5-8(11(16)17)13-10(15)7-4-6(12)2-3-9(7)14/h2-4,8,14H,5H2,1H3,(H,13,15)(H,16,17). The smallest absolute Gasteiger partial charge is 0.328 e. The van der Waals surface area contributed by atoms with Crippen LogP contribution in [0.4, 0.5) is 0 Å². The molecule has 0 aliphatic carbocycles. The van der Waals surface area contributed by atoms with Gasteiger partial charge in [0.25, 0.3) is 5.91 Å². The molecule has 0 aromatic heterocycles. The fourth-order valence-corrected chi connectivity index (χ4v) is 1.44. The first kappa shape index (κ1) is 14.3. The van der Waals surface area contributed by atoms with E-state index < -0.39 is 17.9 Å². The van der Waals surface area contributed by atoms with E-state index in [0.717, 1.165) is 0 Å². The lowest BCUT2D eigenvalue weighted by atomic mass is 10.1. The number of aliphatic carboxylic acids is 1. The third kappa shape index (κ3) is 3.61. The van der Waals surface area contributed by atoms with Gasteiger partial charge in [-0.25, -0.2) is 4.79 Å². The Labute approximate surface area is 108 Å². The Kier molecular flexibility index (Phi) is 4.94. The van der Waals surface area contributed by atoms with E-state index in [0.29, 0.717) is 0 Å². The minimum Gasteiger partial charge on any atom is -0.507 e. The summed E-state index contributed by atoms with van der Waals surface area (Å²) >= 11 is 5.69. The average Bonchev–Trinajstić information content (AvgIpc) is 2.31. The van der Waals surface area contributed by atoms with Crippen molar-refractivity contribution in [3.8, 4) is 5.75 Å². The highest BCUT2D eigenvalue weighted by atomic mass is 35.5. The largest absolute Gasteiger partial charge is 0.507 e. The summed E-state index contributed by atoms with van der Waals surface area (Å²) in [5, 5.41) is 20.8. The zero-order valence-corrected chi connectivity index (χ0v) is 10.3. The molecule has 3 N–H and O–H groups in total. The van der Waals surface area contributed by atoms with Crippen LogP contribution in [0.5, 0.6) is 5.75 Å². The van der Waals surface area contributed by atoms with Crippen LogP contribution in [0.15, 0.2) is 18.2 Å². The van der Waals surface area contributed by atoms with Gasteiger partial charge in [-0.2, -0.15) is 0 Å². The molecule has 1 unspecified atom stereocenters. The summed E-state index contributed by atoms with van der Waals surface area (Å²) in [6, 6.07) is 2.72. The summed E-state index contributed by atoms with van der Waals surface area (Å²) in [7, 11) is 1.32. The number of hydrogen-bond donors (Lipinski definition) is 3. The van der Waals surface area contributed by atoms with Crippen molar-refractivity contribution in [2.24, 2.45) is 0 Å². The van der Waals surface area contributed by atoms with Crippen LogP contribution in [0.3, 0.4) is 0 Å². The SMILES string of the molecule is COCC(NC(=O)c1cc(Cl)ccc1O)C(=O)O. The Balaban J connectivity index is 2.86. The van der Waals surface area contributed by atoms with Crippen LogP contribution in [0.2, 0.25) is 5.02 Å². The predicted molar refractivity (Wildman–Crippen MR) is 63.9 cm³/mol. The highest BCUT2D eigenvalue weighted by Gasteiger charge is 2.22. The average molecular weight is 274 g/mol. The molecule has 0 radical (unpaired) electrons. The molecule has 1 atom stereocenters. The number of methoxy groups -OCH3 is 1. The molecule has 18 heavy (non-hydrogen) atoms. The highest BCUT2D eigenvalue weighted by molar-refractivity contribution is 6.31. The van der Waals surface area contributed by atoms with E-state index in [1.165, 1.54) is 25.3 Å². The molecule has 0 fully saturated rings. The molecule has 1 aromatic carbocycles. The normalized spacial score (nSPS) is 11.9. The Morgan fingerprint density at radius 3 is 2.72 bits per heavy atom. The van der Waals surface area contributed by atoms with Gasteiger partial charge < -0.3 is 20.3 Å². The number of rotatable bonds is 5. The van der Waals surface area contributed by atoms with Crippen molar-refractivity contribution in [2.75, 3.05) is 13.7 Å². The number of benzene rings is 1. The maximum Gasteiger partial charge on any atom is 0.328 e. The van der Waals surface area contributed by atoms with E-state index in [1.54, 1.807) is 0 Å². The van der Waals surface area contributed by atoms with Crippen molar-refractivity contribution in [1.82, 2.24) is 5.32 Å². The molecule has 98 valence electrons. The number of halogens is 1. The van der Waals surface area contributed by atoms with Crippen LogP contribution in [0.25, 0.3) is 0 Å². The summed E-state index contributed by atoms with van der Waals surface area (Å²) in [5.41, 5.74) is -0.0927. The molecule has 0 bridgehead atoms. The first-order chi connectivity index (χ1) is 8.45. The third-order valence-corrected chi connectivity index (χ3v) is 2.38. The molecule has 0 aliphatic rings. The molecule has 0 heterocycles. The van der Waals surface area contributed by atoms with E-state index in [4.69, 9.17) is 16.7 Å². The number of aromatic hydroxyl groups is 1. The lowest BCUT2D eigenvalue weighted by Crippen LogP contribution is -2.43. The number of phenols is 1. The van der Waals surface area contributed by atoms with Gasteiger partial charge in [0.1, 0.15) is 5.75 Å². The molecular weight excluding hydrogens is 262 g/mol. The Bertz CT molecular complexity index is 463. The summed E-state index contributed by atoms with van der Waals surface area (Å²) < 4.78 is 4.67. The van der Waals surface area contributed by atoms with Crippen LogP contribution < -0.4 is 5.32 Å². The molecule has 6 nitrogen and oxygen atoms in total. The fourth-order valence-electron chi connectivity index (χ4n) is 1.27. The number of ether oxygens (including phenoxy) is 1. The van der Waals surface area contributed by atoms with Gasteiger partial charge in [0, 0.05) is 12.1 Å². The lowest BCUT2D eigenvalue weighted by molar-refractivity contribution is -0.140. The second kappa shape index (κ2) is 6.23. The lowest BCUT2D eigenvalue weighted by Gasteiger charge is -2.14. The fraction of sp³-hybridized carbons (Fsp3) is 0.273. The molecular formula is C11H12ClNO5. The quantitative estimate of drug-likeness (QED) is 0.740. The minimum absolute atomic E-state index is 0.0927. The van der Waals surface area contributed by atoms with E-state index in [-0.39, 0.29) is 22.9 Å². The van der Waals surface area contributed by atoms with Crippen molar-refractivity contribution in [1.29, 1.82) is 0 Å². The topological polar surface area (TPSA) is 95.9 Å². The number of carbonyl (C=O) groups excluding carboxylic acids is 1. The van der Waals surface area contributed by atoms with Crippen molar-refractivity contribution in [3.05, 3.63) is 28.8 Å². The zero-order chi connectivity index (χ0) is 13.7. The molecule has 0 spiro atoms. The maximum atomic E-state index is 11.8. The summed E-state index contributed by atoms with van der Waals surface area (Å²) in [6.45, 7) is -0.178. The molecule has 0 saturated heterocycles. The van der Waals surface area contributed by atoms with Gasteiger partial charge in [-0.1, -0.05) is 11.6 Å². The Morgan fingerprint density at radius 2 is 2.17 bits per heavy atom. The van der Waals surface area contributed by atoms with Crippen LogP contribution in [0.1, 0.15) is 10.4 Å². The van der Waals surface area contributed by atoms with Crippen molar-refractivity contribution in [2.45, 2.75) is 6.04 Å². The van der Waals surface area contributed by atoms with Crippen molar-refractivity contribution in [3.63, 3.8) is 0 Å². The Morgan fingerprint density at radius 1 is 1.50 bits per heavy atom. The number of carbonyl (C=O) groups is 2. The molecule has 0 saturated carbocycles. The van der Waals surface area contributed by atoms with Gasteiger partial charge >= 0.3 is 5.97 Å². The zero-order valence-electron chi connectivity index (χ0n) is 9.51. The molecule has 7 heteroatoms. The first-order valence-electron chi connectivity index (χ1n) is 4.96. The monoisotopic (exact) mass is 273 g/mol. The van der Waals surface area contributed by atoms with Gasteiger partial charge in [0.05, 0.1) is 12.2 Å². The van der Waals surface area contributed by atoms with E-state index in [9.17, 15) is 14.7 Å². The van der Waals surface area contributed by atoms with Gasteiger partial charge in [-0.3, -0.25) is 4.79 Å². The van der Waals surface area contributed by atoms with E-state index in [1.807, 2.05) is 0 Å². The molecule has 1 amide bonds. The minimum atomic E-state index is -1.23. The van der Waals surface area contributed by atoms with Gasteiger partial charge in [0.2, 0.25) is 0 Å². The van der Waals surface area contributed by atoms with Crippen LogP contribution >= 0.6 is 11.6 Å². The number of nitrogens with one attached hydrogen (secondary N) is 1. The highest BCUT2D eigenvalue weighted by Crippen LogP contribution is 2.21. The van der Waals surface area contributed by atoms with Gasteiger partial charge in [0.15, 0.2) is 6.04 Å². The van der Waals surface area contributed by atoms with E-state index >= 15 is 0 Å². The van der Waals surface area contributed by atoms with Crippen LogP contribution in [-0.4, -0.2) is 41.8 Å². The molecule has 0 aliphatic heterocycles. The van der Waals surface area contributed by atoms with Gasteiger partial charge in [-0.15, -0.1) is 0 Å². The summed E-state index contributed by atoms with van der Waals surface area (Å²) in [6.07, 6.45) is 0. The second-order valence-corrected chi connectivity index (χ2v) is 3.92. The van der Waals surface area contributed by atoms with Gasteiger partial charge in [-0.05, 0) is 18.2 Å². The molecule has 1 rings (SSSR count). The molecule has 1 aromatic rings. The second-order valence-electron chi connectivity index (χ2n) is 3.48. The maximum absolute atomic E-state index is 11.8. The number of carboxylic acid groups (broad SMARTS) is 1. The number of hydrogen-bond acceptors (Lipinski definition) is 4. The van der Waals surface area contributed by atoms with Crippen molar-refractivity contribution >= 4 is 23.5 Å².